The highest BCUT2D eigenvalue weighted by atomic mass is 16.5. The van der Waals surface area contributed by atoms with Crippen LogP contribution in [0.3, 0.4) is 0 Å². The van der Waals surface area contributed by atoms with Crippen molar-refractivity contribution in [3.05, 3.63) is 96.1 Å². The molecule has 0 saturated carbocycles. The van der Waals surface area contributed by atoms with Gasteiger partial charge in [-0.1, -0.05) is 89.9 Å². The van der Waals surface area contributed by atoms with Gasteiger partial charge in [-0.3, -0.25) is 0 Å². The Morgan fingerprint density at radius 2 is 1.32 bits per heavy atom. The van der Waals surface area contributed by atoms with Crippen LogP contribution < -0.4 is 9.47 Å². The van der Waals surface area contributed by atoms with Gasteiger partial charge in [0.1, 0.15) is 31.3 Å². The average Bonchev–Trinajstić information content (AvgIpc) is 2.89. The van der Waals surface area contributed by atoms with Crippen molar-refractivity contribution in [3.63, 3.8) is 0 Å². The monoisotopic (exact) mass is 512 g/mol. The van der Waals surface area contributed by atoms with Gasteiger partial charge in [-0.2, -0.15) is 0 Å². The van der Waals surface area contributed by atoms with E-state index in [9.17, 15) is 4.79 Å². The molecule has 0 aliphatic carbocycles. The van der Waals surface area contributed by atoms with Crippen LogP contribution in [0.4, 0.5) is 0 Å². The molecule has 3 aromatic carbocycles. The fourth-order valence-electron chi connectivity index (χ4n) is 2.98. The molecule has 0 amide bonds. The molecule has 0 aromatic heterocycles. The molecule has 38 heavy (non-hydrogen) atoms. The molecule has 0 aliphatic heterocycles. The van der Waals surface area contributed by atoms with Gasteiger partial charge in [0.25, 0.3) is 0 Å². The van der Waals surface area contributed by atoms with Gasteiger partial charge in [-0.05, 0) is 36.8 Å². The Morgan fingerprint density at radius 1 is 0.737 bits per heavy atom. The lowest BCUT2D eigenvalue weighted by atomic mass is 10.2. The molecule has 3 rings (SSSR count). The number of esters is 1. The van der Waals surface area contributed by atoms with Crippen molar-refractivity contribution >= 4 is 5.97 Å². The second-order valence-corrected chi connectivity index (χ2v) is 9.49. The first kappa shape index (κ1) is 30.0. The van der Waals surface area contributed by atoms with Crippen LogP contribution in [0.1, 0.15) is 24.0 Å². The van der Waals surface area contributed by atoms with E-state index < -0.39 is 0 Å². The van der Waals surface area contributed by atoms with Crippen molar-refractivity contribution in [1.29, 1.82) is 0 Å². The molecule has 0 aliphatic rings. The molecule has 0 spiro atoms. The summed E-state index contributed by atoms with van der Waals surface area (Å²) < 4.78 is 17.0. The Labute approximate surface area is 227 Å². The van der Waals surface area contributed by atoms with E-state index in [1.807, 2.05) is 93.9 Å². The van der Waals surface area contributed by atoms with Gasteiger partial charge in [0, 0.05) is 6.42 Å². The maximum Gasteiger partial charge on any atom is 0.361 e. The molecule has 0 fully saturated rings. The van der Waals surface area contributed by atoms with Crippen LogP contribution >= 0.6 is 0 Å². The smallest absolute Gasteiger partial charge is 0.361 e. The number of rotatable bonds is 9. The third-order valence-corrected chi connectivity index (χ3v) is 4.84. The Kier molecular flexibility index (Phi) is 13.7. The minimum Gasteiger partial charge on any atom is -0.489 e. The number of carbonyl (C=O) groups excluding carboxylic acids is 1. The number of hydrogen-bond acceptors (Lipinski definition) is 4. The normalized spacial score (nSPS) is 9.89. The first-order valence-corrected chi connectivity index (χ1v) is 12.6. The van der Waals surface area contributed by atoms with E-state index >= 15 is 0 Å². The maximum absolute atomic E-state index is 11.6. The summed E-state index contributed by atoms with van der Waals surface area (Å²) in [6.07, 6.45) is 0.974. The number of benzene rings is 3. The van der Waals surface area contributed by atoms with E-state index in [0.717, 1.165) is 17.1 Å². The third-order valence-electron chi connectivity index (χ3n) is 4.84. The van der Waals surface area contributed by atoms with Gasteiger partial charge < -0.3 is 18.7 Å². The maximum atomic E-state index is 11.6. The van der Waals surface area contributed by atoms with E-state index in [-0.39, 0.29) is 5.97 Å². The van der Waals surface area contributed by atoms with Crippen molar-refractivity contribution in [3.8, 4) is 35.2 Å². The number of aryl methyl sites for hydroxylation is 1. The number of nitrogens with zero attached hydrogens (tertiary/aromatic N) is 1. The highest BCUT2D eigenvalue weighted by molar-refractivity contribution is 5.70. The summed E-state index contributed by atoms with van der Waals surface area (Å²) in [5.74, 6) is 13.1. The number of hydrogen-bond donors (Lipinski definition) is 0. The standard InChI is InChI=1S/C26H30NO4.C7H8/c1-27(2,3)21-26(28)30-20-12-7-5-4-6-11-19-29-24-15-17-25(18-16-24)31-22-23-13-9-8-10-14-23;1-7-5-3-2-4-6-7/h8-10,13-18H,4,12,19-22H2,1-3H3;2-6H,1H3/q+1;. The van der Waals surface area contributed by atoms with Gasteiger partial charge in [0.05, 0.1) is 27.6 Å². The Bertz CT molecular complexity index is 1190. The molecule has 0 unspecified atom stereocenters. The molecule has 5 nitrogen and oxygen atoms in total. The molecular weight excluding hydrogens is 474 g/mol. The van der Waals surface area contributed by atoms with Crippen molar-refractivity contribution in [2.75, 3.05) is 40.9 Å². The van der Waals surface area contributed by atoms with Gasteiger partial charge >= 0.3 is 5.97 Å². The van der Waals surface area contributed by atoms with Crippen molar-refractivity contribution in [2.24, 2.45) is 0 Å². The van der Waals surface area contributed by atoms with E-state index in [1.165, 1.54) is 5.56 Å². The molecule has 0 bridgehead atoms. The summed E-state index contributed by atoms with van der Waals surface area (Å²) in [6, 6.07) is 27.8. The Hall–Kier alpha value is -4.19. The number of quaternary nitrogens is 1. The number of carbonyl (C=O) groups is 1. The predicted octanol–water partition coefficient (Wildman–Crippen LogP) is 5.68. The first-order valence-electron chi connectivity index (χ1n) is 12.6. The fraction of sp³-hybridized carbons (Fsp3) is 0.303. The zero-order chi connectivity index (χ0) is 27.5. The number of ether oxygens (including phenoxy) is 3. The number of likely N-dealkylation sites (N-methyl/N-ethyl adjacent to an activating group) is 1. The van der Waals surface area contributed by atoms with E-state index in [2.05, 4.69) is 42.7 Å². The lowest BCUT2D eigenvalue weighted by molar-refractivity contribution is -0.862. The Balaban J connectivity index is 0.000000624. The highest BCUT2D eigenvalue weighted by Gasteiger charge is 2.14. The SMILES string of the molecule is C[N+](C)(C)CC(=O)OCCC#CCC#CCOc1ccc(OCc2ccccc2)cc1.Cc1ccccc1. The zero-order valence-electron chi connectivity index (χ0n) is 22.9. The zero-order valence-corrected chi connectivity index (χ0v) is 22.9. The lowest BCUT2D eigenvalue weighted by Gasteiger charge is -2.22. The summed E-state index contributed by atoms with van der Waals surface area (Å²) in [4.78, 5) is 11.6. The summed E-state index contributed by atoms with van der Waals surface area (Å²) in [6.45, 7) is 3.58. The van der Waals surface area contributed by atoms with E-state index in [1.54, 1.807) is 0 Å². The average molecular weight is 513 g/mol. The molecular formula is C33H38NO4+. The summed E-state index contributed by atoms with van der Waals surface area (Å²) in [5, 5.41) is 0. The molecule has 0 radical (unpaired) electrons. The van der Waals surface area contributed by atoms with Crippen LogP contribution in [-0.4, -0.2) is 51.4 Å². The van der Waals surface area contributed by atoms with Gasteiger partial charge in [0.2, 0.25) is 0 Å². The summed E-state index contributed by atoms with van der Waals surface area (Å²) in [7, 11) is 5.83. The van der Waals surface area contributed by atoms with Crippen LogP contribution in [0.25, 0.3) is 0 Å². The Morgan fingerprint density at radius 3 is 1.89 bits per heavy atom. The molecule has 0 heterocycles. The highest BCUT2D eigenvalue weighted by Crippen LogP contribution is 2.18. The second kappa shape index (κ2) is 17.3. The van der Waals surface area contributed by atoms with Crippen molar-refractivity contribution in [1.82, 2.24) is 0 Å². The largest absolute Gasteiger partial charge is 0.489 e. The summed E-state index contributed by atoms with van der Waals surface area (Å²) >= 11 is 0. The lowest BCUT2D eigenvalue weighted by Crippen LogP contribution is -2.40. The molecule has 3 aromatic rings. The van der Waals surface area contributed by atoms with Gasteiger partial charge in [-0.15, -0.1) is 0 Å². The van der Waals surface area contributed by atoms with E-state index in [4.69, 9.17) is 14.2 Å². The van der Waals surface area contributed by atoms with Crippen molar-refractivity contribution < 1.29 is 23.5 Å². The first-order chi connectivity index (χ1) is 18.3. The molecule has 0 saturated heterocycles. The second-order valence-electron chi connectivity index (χ2n) is 9.49. The summed E-state index contributed by atoms with van der Waals surface area (Å²) in [5.41, 5.74) is 2.45. The van der Waals surface area contributed by atoms with E-state index in [0.29, 0.717) is 43.7 Å². The minimum atomic E-state index is -0.206. The molecule has 0 atom stereocenters. The molecule has 198 valence electrons. The van der Waals surface area contributed by atoms with Gasteiger partial charge in [-0.25, -0.2) is 4.79 Å². The topological polar surface area (TPSA) is 44.8 Å². The van der Waals surface area contributed by atoms with Gasteiger partial charge in [0.15, 0.2) is 6.54 Å². The van der Waals surface area contributed by atoms with Crippen LogP contribution in [0.5, 0.6) is 11.5 Å². The minimum absolute atomic E-state index is 0.206. The molecule has 5 heteroatoms. The van der Waals surface area contributed by atoms with Crippen LogP contribution in [0.15, 0.2) is 84.9 Å². The van der Waals surface area contributed by atoms with Crippen LogP contribution in [0.2, 0.25) is 0 Å². The van der Waals surface area contributed by atoms with Crippen LogP contribution in [0, 0.1) is 30.6 Å². The predicted molar refractivity (Wildman–Crippen MR) is 153 cm³/mol. The fourth-order valence-corrected chi connectivity index (χ4v) is 2.98. The molecule has 0 N–H and O–H groups in total. The quantitative estimate of drug-likeness (QED) is 0.160. The van der Waals surface area contributed by atoms with Crippen LogP contribution in [-0.2, 0) is 16.1 Å². The van der Waals surface area contributed by atoms with Crippen molar-refractivity contribution in [2.45, 2.75) is 26.4 Å². The third kappa shape index (κ3) is 15.0.